The van der Waals surface area contributed by atoms with E-state index in [1.165, 1.54) is 23.1 Å². The maximum atomic E-state index is 9.75. The van der Waals surface area contributed by atoms with Gasteiger partial charge in [0.25, 0.3) is 0 Å². The van der Waals surface area contributed by atoms with Crippen LogP contribution in [-0.2, 0) is 0 Å². The van der Waals surface area contributed by atoms with Gasteiger partial charge in [-0.25, -0.2) is 0 Å². The van der Waals surface area contributed by atoms with Gasteiger partial charge < -0.3 is 5.11 Å². The van der Waals surface area contributed by atoms with E-state index in [1.807, 2.05) is 13.0 Å². The zero-order valence-electron chi connectivity index (χ0n) is 10.5. The van der Waals surface area contributed by atoms with Crippen molar-refractivity contribution < 1.29 is 5.11 Å². The maximum absolute atomic E-state index is 9.75. The highest BCUT2D eigenvalue weighted by molar-refractivity contribution is 5.48. The van der Waals surface area contributed by atoms with E-state index in [9.17, 15) is 5.11 Å². The number of allylic oxidation sites excluding steroid dienone is 2. The molecule has 1 nitrogen and oxygen atoms in total. The van der Waals surface area contributed by atoms with Crippen LogP contribution in [0, 0.1) is 6.92 Å². The van der Waals surface area contributed by atoms with Crippen molar-refractivity contribution in [3.8, 4) is 5.75 Å². The van der Waals surface area contributed by atoms with Crippen molar-refractivity contribution >= 4 is 0 Å². The van der Waals surface area contributed by atoms with Gasteiger partial charge in [-0.05, 0) is 55.9 Å². The fourth-order valence-corrected chi connectivity index (χ4v) is 2.68. The van der Waals surface area contributed by atoms with E-state index in [1.54, 1.807) is 0 Å². The van der Waals surface area contributed by atoms with Gasteiger partial charge in [-0.1, -0.05) is 24.6 Å². The Kier molecular flexibility index (Phi) is 2.79. The summed E-state index contributed by atoms with van der Waals surface area (Å²) < 4.78 is 0. The summed E-state index contributed by atoms with van der Waals surface area (Å²) in [5.74, 6) is 1.53. The van der Waals surface area contributed by atoms with Gasteiger partial charge in [0.2, 0.25) is 0 Å². The lowest BCUT2D eigenvalue weighted by Gasteiger charge is -2.09. The number of benzene rings is 1. The predicted molar refractivity (Wildman–Crippen MR) is 68.0 cm³/mol. The molecule has 0 spiro atoms. The normalized spacial score (nSPS) is 23.0. The zero-order valence-corrected chi connectivity index (χ0v) is 10.5. The lowest BCUT2D eigenvalue weighted by atomic mass is 9.97. The number of fused-ring (bicyclic) bond motifs is 1. The van der Waals surface area contributed by atoms with Crippen LogP contribution in [0.15, 0.2) is 23.8 Å². The van der Waals surface area contributed by atoms with Gasteiger partial charge in [0.1, 0.15) is 5.75 Å². The lowest BCUT2D eigenvalue weighted by molar-refractivity contribution is 0.470. The maximum Gasteiger partial charge on any atom is 0.118 e. The molecule has 0 saturated heterocycles. The first-order valence-electron chi connectivity index (χ1n) is 5.97. The number of aryl methyl sites for hydroxylation is 1. The first kappa shape index (κ1) is 11.3. The van der Waals surface area contributed by atoms with Crippen LogP contribution in [0.2, 0.25) is 0 Å². The highest BCUT2D eigenvalue weighted by Gasteiger charge is 2.27. The molecular formula is C15H20O. The molecule has 1 aliphatic rings. The quantitative estimate of drug-likeness (QED) is 0.695. The number of phenols is 1. The molecule has 1 aromatic rings. The van der Waals surface area contributed by atoms with Crippen molar-refractivity contribution in [2.24, 2.45) is 0 Å². The number of rotatable bonds is 1. The average molecular weight is 216 g/mol. The Morgan fingerprint density at radius 2 is 2.00 bits per heavy atom. The Balaban J connectivity index is 2.49. The molecule has 2 rings (SSSR count). The molecule has 1 aromatic carbocycles. The lowest BCUT2D eigenvalue weighted by Crippen LogP contribution is -1.91. The van der Waals surface area contributed by atoms with Crippen LogP contribution in [0.5, 0.6) is 5.75 Å². The molecule has 0 amide bonds. The van der Waals surface area contributed by atoms with E-state index in [2.05, 4.69) is 32.9 Å². The number of hydrogen-bond acceptors (Lipinski definition) is 1. The van der Waals surface area contributed by atoms with Gasteiger partial charge in [-0.15, -0.1) is 0 Å². The minimum atomic E-state index is 0.434. The van der Waals surface area contributed by atoms with E-state index < -0.39 is 0 Å². The van der Waals surface area contributed by atoms with Crippen molar-refractivity contribution in [2.75, 3.05) is 0 Å². The number of phenolic OH excluding ortho intramolecular Hbond substituents is 1. The van der Waals surface area contributed by atoms with Crippen molar-refractivity contribution in [1.29, 1.82) is 0 Å². The topological polar surface area (TPSA) is 20.2 Å². The van der Waals surface area contributed by atoms with E-state index in [0.29, 0.717) is 17.6 Å². The SMILES string of the molecule is CC(C)=CC1CC(C)c2cc(O)c(C)cc21. The minimum absolute atomic E-state index is 0.434. The van der Waals surface area contributed by atoms with Gasteiger partial charge in [0.15, 0.2) is 0 Å². The summed E-state index contributed by atoms with van der Waals surface area (Å²) in [5.41, 5.74) is 5.09. The zero-order chi connectivity index (χ0) is 11.9. The Hall–Kier alpha value is -1.24. The Morgan fingerprint density at radius 1 is 1.31 bits per heavy atom. The van der Waals surface area contributed by atoms with Crippen LogP contribution in [0.3, 0.4) is 0 Å². The second kappa shape index (κ2) is 3.97. The minimum Gasteiger partial charge on any atom is -0.508 e. The molecule has 86 valence electrons. The highest BCUT2D eigenvalue weighted by atomic mass is 16.3. The fourth-order valence-electron chi connectivity index (χ4n) is 2.68. The van der Waals surface area contributed by atoms with Crippen molar-refractivity contribution in [3.63, 3.8) is 0 Å². The molecule has 0 radical (unpaired) electrons. The van der Waals surface area contributed by atoms with E-state index in [-0.39, 0.29) is 0 Å². The smallest absolute Gasteiger partial charge is 0.118 e. The van der Waals surface area contributed by atoms with Crippen molar-refractivity contribution in [1.82, 2.24) is 0 Å². The second-order valence-corrected chi connectivity index (χ2v) is 5.25. The summed E-state index contributed by atoms with van der Waals surface area (Å²) in [6.07, 6.45) is 3.52. The monoisotopic (exact) mass is 216 g/mol. The van der Waals surface area contributed by atoms with Gasteiger partial charge in [0.05, 0.1) is 0 Å². The average Bonchev–Trinajstić information content (AvgIpc) is 2.44. The van der Waals surface area contributed by atoms with E-state index in [0.717, 1.165) is 5.56 Å². The summed E-state index contributed by atoms with van der Waals surface area (Å²) in [4.78, 5) is 0. The molecule has 0 saturated carbocycles. The van der Waals surface area contributed by atoms with Gasteiger partial charge >= 0.3 is 0 Å². The third-order valence-electron chi connectivity index (χ3n) is 3.47. The summed E-state index contributed by atoms with van der Waals surface area (Å²) in [6.45, 7) is 8.51. The van der Waals surface area contributed by atoms with Crippen LogP contribution >= 0.6 is 0 Å². The van der Waals surface area contributed by atoms with Crippen LogP contribution in [0.1, 0.15) is 55.7 Å². The van der Waals surface area contributed by atoms with Crippen molar-refractivity contribution in [2.45, 2.75) is 46.0 Å². The molecule has 1 N–H and O–H groups in total. The molecule has 0 fully saturated rings. The number of aromatic hydroxyl groups is 1. The Labute approximate surface area is 97.8 Å². The van der Waals surface area contributed by atoms with E-state index in [4.69, 9.17) is 0 Å². The molecule has 0 bridgehead atoms. The molecule has 0 heterocycles. The first-order valence-corrected chi connectivity index (χ1v) is 5.97. The molecular weight excluding hydrogens is 196 g/mol. The molecule has 2 atom stereocenters. The van der Waals surface area contributed by atoms with Gasteiger partial charge in [-0.2, -0.15) is 0 Å². The molecule has 2 unspecified atom stereocenters. The molecule has 1 aliphatic carbocycles. The van der Waals surface area contributed by atoms with Gasteiger partial charge in [0, 0.05) is 5.92 Å². The molecule has 1 heteroatoms. The standard InChI is InChI=1S/C15H20O/c1-9(2)5-12-6-10(3)13-8-15(16)11(4)7-14(12)13/h5,7-8,10,12,16H,6H2,1-4H3. The van der Waals surface area contributed by atoms with Crippen LogP contribution in [-0.4, -0.2) is 5.11 Å². The Morgan fingerprint density at radius 3 is 2.62 bits per heavy atom. The first-order chi connectivity index (χ1) is 7.49. The molecule has 0 aliphatic heterocycles. The fraction of sp³-hybridized carbons (Fsp3) is 0.467. The van der Waals surface area contributed by atoms with Gasteiger partial charge in [-0.3, -0.25) is 0 Å². The summed E-state index contributed by atoms with van der Waals surface area (Å²) in [7, 11) is 0. The van der Waals surface area contributed by atoms with Crippen LogP contribution in [0.25, 0.3) is 0 Å². The molecule has 0 aromatic heterocycles. The van der Waals surface area contributed by atoms with Crippen molar-refractivity contribution in [3.05, 3.63) is 40.5 Å². The van der Waals surface area contributed by atoms with Crippen LogP contribution < -0.4 is 0 Å². The Bertz CT molecular complexity index is 439. The number of hydrogen-bond donors (Lipinski definition) is 1. The summed E-state index contributed by atoms with van der Waals surface area (Å²) >= 11 is 0. The second-order valence-electron chi connectivity index (χ2n) is 5.25. The third kappa shape index (κ3) is 1.87. The molecule has 16 heavy (non-hydrogen) atoms. The summed E-state index contributed by atoms with van der Waals surface area (Å²) in [5, 5.41) is 9.75. The predicted octanol–water partition coefficient (Wildman–Crippen LogP) is 4.26. The third-order valence-corrected chi connectivity index (χ3v) is 3.47. The summed E-state index contributed by atoms with van der Waals surface area (Å²) in [6, 6.07) is 4.10. The largest absolute Gasteiger partial charge is 0.508 e. The van der Waals surface area contributed by atoms with Crippen LogP contribution in [0.4, 0.5) is 0 Å². The van der Waals surface area contributed by atoms with E-state index >= 15 is 0 Å². The highest BCUT2D eigenvalue weighted by Crippen LogP contribution is 2.44.